The largest absolute Gasteiger partial charge is 0.398 e. The number of nitrogens with one attached hydrogen (secondary N) is 1. The van der Waals surface area contributed by atoms with Gasteiger partial charge in [-0.15, -0.1) is 0 Å². The van der Waals surface area contributed by atoms with Crippen molar-refractivity contribution in [1.29, 1.82) is 0 Å². The molecule has 0 aliphatic heterocycles. The van der Waals surface area contributed by atoms with Crippen molar-refractivity contribution in [2.24, 2.45) is 5.41 Å². The summed E-state index contributed by atoms with van der Waals surface area (Å²) in [6, 6.07) is 11.7. The number of anilines is 1. The van der Waals surface area contributed by atoms with E-state index in [9.17, 15) is 4.79 Å². The number of rotatable bonds is 3. The molecule has 0 spiro atoms. The molecule has 1 saturated carbocycles. The molecule has 0 aromatic heterocycles. The number of nitrogen functional groups attached to an aromatic ring is 1. The maximum Gasteiger partial charge on any atom is 0.253 e. The van der Waals surface area contributed by atoms with Crippen molar-refractivity contribution >= 4 is 22.4 Å². The van der Waals surface area contributed by atoms with Crippen molar-refractivity contribution in [1.82, 2.24) is 5.32 Å². The van der Waals surface area contributed by atoms with Gasteiger partial charge in [0.05, 0.1) is 5.56 Å². The van der Waals surface area contributed by atoms with Gasteiger partial charge >= 0.3 is 0 Å². The van der Waals surface area contributed by atoms with E-state index in [4.69, 9.17) is 5.73 Å². The smallest absolute Gasteiger partial charge is 0.253 e. The lowest BCUT2D eigenvalue weighted by molar-refractivity contribution is 0.0935. The fourth-order valence-electron chi connectivity index (χ4n) is 3.25. The highest BCUT2D eigenvalue weighted by molar-refractivity contribution is 6.03. The van der Waals surface area contributed by atoms with Gasteiger partial charge in [-0.2, -0.15) is 0 Å². The summed E-state index contributed by atoms with van der Waals surface area (Å²) in [7, 11) is 0. The van der Waals surface area contributed by atoms with Crippen LogP contribution >= 0.6 is 0 Å². The van der Waals surface area contributed by atoms with Gasteiger partial charge in [0.15, 0.2) is 0 Å². The summed E-state index contributed by atoms with van der Waals surface area (Å²) >= 11 is 0. The second kappa shape index (κ2) is 5.40. The van der Waals surface area contributed by atoms with Crippen molar-refractivity contribution in [3.8, 4) is 0 Å². The minimum absolute atomic E-state index is 0.0635. The molecule has 0 heterocycles. The minimum Gasteiger partial charge on any atom is -0.398 e. The lowest BCUT2D eigenvalue weighted by atomic mass is 9.89. The molecule has 0 radical (unpaired) electrons. The maximum absolute atomic E-state index is 12.4. The van der Waals surface area contributed by atoms with Gasteiger partial charge in [-0.25, -0.2) is 0 Å². The highest BCUT2D eigenvalue weighted by Gasteiger charge is 2.29. The molecule has 0 unspecified atom stereocenters. The third-order valence-corrected chi connectivity index (χ3v) is 4.65. The van der Waals surface area contributed by atoms with Crippen LogP contribution in [0.3, 0.4) is 0 Å². The van der Waals surface area contributed by atoms with Crippen LogP contribution in [0.1, 0.15) is 43.0 Å². The quantitative estimate of drug-likeness (QED) is 0.843. The lowest BCUT2D eigenvalue weighted by Gasteiger charge is -2.23. The van der Waals surface area contributed by atoms with E-state index in [2.05, 4.69) is 12.2 Å². The van der Waals surface area contributed by atoms with E-state index in [0.717, 1.165) is 17.3 Å². The van der Waals surface area contributed by atoms with Crippen LogP contribution in [0.15, 0.2) is 36.4 Å². The van der Waals surface area contributed by atoms with Gasteiger partial charge in [0, 0.05) is 12.2 Å². The summed E-state index contributed by atoms with van der Waals surface area (Å²) in [5, 5.41) is 5.18. The molecule has 3 heteroatoms. The number of fused-ring (bicyclic) bond motifs is 1. The first-order chi connectivity index (χ1) is 10.1. The van der Waals surface area contributed by atoms with Crippen molar-refractivity contribution in [3.63, 3.8) is 0 Å². The normalized spacial score (nSPS) is 17.0. The van der Waals surface area contributed by atoms with E-state index in [1.807, 2.05) is 36.4 Å². The molecular weight excluding hydrogens is 260 g/mol. The van der Waals surface area contributed by atoms with Gasteiger partial charge in [0.1, 0.15) is 0 Å². The van der Waals surface area contributed by atoms with Gasteiger partial charge in [-0.3, -0.25) is 4.79 Å². The molecule has 3 rings (SSSR count). The Morgan fingerprint density at radius 3 is 2.48 bits per heavy atom. The third-order valence-electron chi connectivity index (χ3n) is 4.65. The zero-order chi connectivity index (χ0) is 14.9. The molecule has 21 heavy (non-hydrogen) atoms. The molecule has 110 valence electrons. The molecule has 2 aromatic carbocycles. The second-order valence-corrected chi connectivity index (χ2v) is 6.49. The fraction of sp³-hybridized carbons (Fsp3) is 0.389. The number of nitrogens with two attached hydrogens (primary N) is 1. The summed E-state index contributed by atoms with van der Waals surface area (Å²) in [5.41, 5.74) is 7.42. The Morgan fingerprint density at radius 1 is 1.19 bits per heavy atom. The van der Waals surface area contributed by atoms with E-state index in [-0.39, 0.29) is 11.3 Å². The summed E-state index contributed by atoms with van der Waals surface area (Å²) in [6.45, 7) is 2.99. The Bertz CT molecular complexity index is 672. The Hall–Kier alpha value is -2.03. The first kappa shape index (κ1) is 13.9. The second-order valence-electron chi connectivity index (χ2n) is 6.49. The predicted octanol–water partition coefficient (Wildman–Crippen LogP) is 3.73. The van der Waals surface area contributed by atoms with E-state index in [1.54, 1.807) is 0 Å². The van der Waals surface area contributed by atoms with E-state index in [1.165, 1.54) is 25.7 Å². The van der Waals surface area contributed by atoms with Crippen LogP contribution in [-0.4, -0.2) is 12.5 Å². The predicted molar refractivity (Wildman–Crippen MR) is 87.3 cm³/mol. The van der Waals surface area contributed by atoms with Crippen LogP contribution in [0.25, 0.3) is 10.8 Å². The van der Waals surface area contributed by atoms with Gasteiger partial charge in [0.2, 0.25) is 0 Å². The number of hydrogen-bond acceptors (Lipinski definition) is 2. The average molecular weight is 282 g/mol. The van der Waals surface area contributed by atoms with Crippen molar-refractivity contribution < 1.29 is 4.79 Å². The SMILES string of the molecule is CC1(CNC(=O)c2cc3ccccc3cc2N)CCCC1. The van der Waals surface area contributed by atoms with Crippen LogP contribution in [0.5, 0.6) is 0 Å². The molecule has 2 aromatic rings. The summed E-state index contributed by atoms with van der Waals surface area (Å²) in [6.07, 6.45) is 4.93. The molecule has 3 N–H and O–H groups in total. The Labute approximate surface area is 125 Å². The molecule has 0 saturated heterocycles. The molecular formula is C18H22N2O. The highest BCUT2D eigenvalue weighted by Crippen LogP contribution is 2.36. The van der Waals surface area contributed by atoms with Gasteiger partial charge < -0.3 is 11.1 Å². The van der Waals surface area contributed by atoms with Crippen molar-refractivity contribution in [2.75, 3.05) is 12.3 Å². The Morgan fingerprint density at radius 2 is 1.81 bits per heavy atom. The standard InChI is InChI=1S/C18H22N2O/c1-18(8-4-5-9-18)12-20-17(21)15-10-13-6-2-3-7-14(13)11-16(15)19/h2-3,6-7,10-11H,4-5,8-9,12,19H2,1H3,(H,20,21). The van der Waals surface area contributed by atoms with Gasteiger partial charge in [-0.1, -0.05) is 44.0 Å². The Balaban J connectivity index is 1.79. The van der Waals surface area contributed by atoms with Crippen molar-refractivity contribution in [2.45, 2.75) is 32.6 Å². The highest BCUT2D eigenvalue weighted by atomic mass is 16.1. The van der Waals surface area contributed by atoms with E-state index >= 15 is 0 Å². The number of carbonyl (C=O) groups is 1. The lowest BCUT2D eigenvalue weighted by Crippen LogP contribution is -2.34. The molecule has 0 atom stereocenters. The summed E-state index contributed by atoms with van der Waals surface area (Å²) in [4.78, 5) is 12.4. The van der Waals surface area contributed by atoms with Crippen LogP contribution in [0.2, 0.25) is 0 Å². The molecule has 3 nitrogen and oxygen atoms in total. The Kier molecular flexibility index (Phi) is 3.58. The molecule has 1 aliphatic carbocycles. The number of hydrogen-bond donors (Lipinski definition) is 2. The van der Waals surface area contributed by atoms with Gasteiger partial charge in [-0.05, 0) is 41.2 Å². The van der Waals surface area contributed by atoms with Crippen molar-refractivity contribution in [3.05, 3.63) is 42.0 Å². The van der Waals surface area contributed by atoms with Gasteiger partial charge in [0.25, 0.3) is 5.91 Å². The minimum atomic E-state index is -0.0635. The monoisotopic (exact) mass is 282 g/mol. The third kappa shape index (κ3) is 2.87. The first-order valence-electron chi connectivity index (χ1n) is 7.64. The van der Waals surface area contributed by atoms with Crippen LogP contribution in [0, 0.1) is 5.41 Å². The molecule has 1 amide bonds. The van der Waals surface area contributed by atoms with Crippen LogP contribution in [-0.2, 0) is 0 Å². The summed E-state index contributed by atoms with van der Waals surface area (Å²) in [5.74, 6) is -0.0635. The average Bonchev–Trinajstić information content (AvgIpc) is 2.91. The summed E-state index contributed by atoms with van der Waals surface area (Å²) < 4.78 is 0. The number of carbonyl (C=O) groups excluding carboxylic acids is 1. The number of benzene rings is 2. The molecule has 0 bridgehead atoms. The fourth-order valence-corrected chi connectivity index (χ4v) is 3.25. The molecule has 1 fully saturated rings. The van der Waals surface area contributed by atoms with Crippen LogP contribution in [0.4, 0.5) is 5.69 Å². The maximum atomic E-state index is 12.4. The van der Waals surface area contributed by atoms with E-state index < -0.39 is 0 Å². The molecule has 1 aliphatic rings. The zero-order valence-electron chi connectivity index (χ0n) is 12.5. The number of amides is 1. The first-order valence-corrected chi connectivity index (χ1v) is 7.64. The van der Waals surface area contributed by atoms with Crippen LogP contribution < -0.4 is 11.1 Å². The van der Waals surface area contributed by atoms with E-state index in [0.29, 0.717) is 11.3 Å². The zero-order valence-corrected chi connectivity index (χ0v) is 12.5. The topological polar surface area (TPSA) is 55.1 Å².